The average Bonchev–Trinajstić information content (AvgIpc) is 2.72. The van der Waals surface area contributed by atoms with E-state index in [4.69, 9.17) is 4.99 Å². The smallest absolute Gasteiger partial charge is 0.166 e. The van der Waals surface area contributed by atoms with Crippen molar-refractivity contribution in [3.63, 3.8) is 0 Å². The molecule has 0 aliphatic heterocycles. The van der Waals surface area contributed by atoms with Crippen LogP contribution >= 0.6 is 0 Å². The van der Waals surface area contributed by atoms with E-state index in [-0.39, 0.29) is 11.7 Å². The molecule has 0 atom stereocenters. The van der Waals surface area contributed by atoms with E-state index in [1.54, 1.807) is 0 Å². The molecule has 4 aromatic rings. The number of carbonyl (C=O) groups excluding carboxylic acids is 1. The van der Waals surface area contributed by atoms with Crippen molar-refractivity contribution < 1.29 is 4.79 Å². The van der Waals surface area contributed by atoms with Gasteiger partial charge in [-0.15, -0.1) is 0 Å². The maximum atomic E-state index is 12.9. The van der Waals surface area contributed by atoms with Crippen molar-refractivity contribution in [1.29, 1.82) is 0 Å². The number of rotatable bonds is 4. The van der Waals surface area contributed by atoms with Crippen LogP contribution in [0, 0.1) is 12.8 Å². The average molecular weight is 380 g/mol. The normalized spacial score (nSPS) is 12.1. The van der Waals surface area contributed by atoms with Gasteiger partial charge in [-0.05, 0) is 36.2 Å². The number of aryl methyl sites for hydroxylation is 1. The number of fused-ring (bicyclic) bond motifs is 2. The van der Waals surface area contributed by atoms with Crippen LogP contribution in [0.15, 0.2) is 77.8 Å². The molecule has 0 bridgehead atoms. The fourth-order valence-corrected chi connectivity index (χ4v) is 4.00. The lowest BCUT2D eigenvalue weighted by atomic mass is 9.91. The third-order valence-corrected chi connectivity index (χ3v) is 5.46. The molecule has 4 rings (SSSR count). The molecule has 0 aliphatic carbocycles. The van der Waals surface area contributed by atoms with Gasteiger partial charge in [0.2, 0.25) is 0 Å². The van der Waals surface area contributed by atoms with E-state index < -0.39 is 0 Å². The minimum atomic E-state index is -0.0494. The van der Waals surface area contributed by atoms with Gasteiger partial charge in [-0.3, -0.25) is 9.79 Å². The summed E-state index contributed by atoms with van der Waals surface area (Å²) in [4.78, 5) is 17.9. The second-order valence-corrected chi connectivity index (χ2v) is 7.88. The highest BCUT2D eigenvalue weighted by Gasteiger charge is 2.17. The molecule has 0 radical (unpaired) electrons. The zero-order valence-electron chi connectivity index (χ0n) is 17.4. The number of benzene rings is 4. The summed E-state index contributed by atoms with van der Waals surface area (Å²) in [5.41, 5.74) is 4.87. The van der Waals surface area contributed by atoms with Crippen LogP contribution in [0.25, 0.3) is 21.5 Å². The van der Waals surface area contributed by atoms with Crippen LogP contribution in [0.1, 0.15) is 42.3 Å². The van der Waals surface area contributed by atoms with Gasteiger partial charge in [0.1, 0.15) is 0 Å². The van der Waals surface area contributed by atoms with Crippen molar-refractivity contribution in [2.75, 3.05) is 0 Å². The molecule has 2 nitrogen and oxygen atoms in total. The van der Waals surface area contributed by atoms with Crippen LogP contribution in [0.5, 0.6) is 0 Å². The minimum Gasteiger partial charge on any atom is -0.294 e. The van der Waals surface area contributed by atoms with Gasteiger partial charge in [0.15, 0.2) is 5.78 Å². The molecule has 0 saturated carbocycles. The van der Waals surface area contributed by atoms with Gasteiger partial charge in [-0.1, -0.05) is 80.6 Å². The Kier molecular flexibility index (Phi) is 5.02. The van der Waals surface area contributed by atoms with Gasteiger partial charge in [-0.2, -0.15) is 0 Å². The van der Waals surface area contributed by atoms with E-state index in [9.17, 15) is 4.79 Å². The number of Topliss-reactive ketones (excluding diaryl/α,β-unsaturated/α-hetero) is 1. The molecule has 29 heavy (non-hydrogen) atoms. The van der Waals surface area contributed by atoms with Crippen LogP contribution in [0.4, 0.5) is 5.69 Å². The summed E-state index contributed by atoms with van der Waals surface area (Å²) < 4.78 is 0. The summed E-state index contributed by atoms with van der Waals surface area (Å²) in [6, 6.07) is 24.7. The molecule has 0 spiro atoms. The molecule has 0 fully saturated rings. The summed E-state index contributed by atoms with van der Waals surface area (Å²) in [6.07, 6.45) is 0. The Balaban J connectivity index is 1.95. The first kappa shape index (κ1) is 19.1. The van der Waals surface area contributed by atoms with Gasteiger partial charge in [0, 0.05) is 33.5 Å². The summed E-state index contributed by atoms with van der Waals surface area (Å²) in [5.74, 6) is 0.114. The summed E-state index contributed by atoms with van der Waals surface area (Å²) in [7, 11) is 0. The first-order chi connectivity index (χ1) is 14.0. The van der Waals surface area contributed by atoms with E-state index >= 15 is 0 Å². The zero-order valence-corrected chi connectivity index (χ0v) is 17.4. The predicted molar refractivity (Wildman–Crippen MR) is 124 cm³/mol. The van der Waals surface area contributed by atoms with Crippen molar-refractivity contribution in [1.82, 2.24) is 0 Å². The monoisotopic (exact) mass is 379 g/mol. The van der Waals surface area contributed by atoms with Crippen molar-refractivity contribution in [3.8, 4) is 0 Å². The molecule has 0 N–H and O–H groups in total. The van der Waals surface area contributed by atoms with E-state index in [1.807, 2.05) is 45.0 Å². The van der Waals surface area contributed by atoms with E-state index in [2.05, 4.69) is 55.5 Å². The Morgan fingerprint density at radius 3 is 1.97 bits per heavy atom. The van der Waals surface area contributed by atoms with Crippen LogP contribution < -0.4 is 0 Å². The van der Waals surface area contributed by atoms with E-state index in [0.29, 0.717) is 0 Å². The second-order valence-electron chi connectivity index (χ2n) is 7.88. The Morgan fingerprint density at radius 2 is 1.31 bits per heavy atom. The molecule has 144 valence electrons. The van der Waals surface area contributed by atoms with Crippen molar-refractivity contribution in [2.45, 2.75) is 27.7 Å². The quantitative estimate of drug-likeness (QED) is 0.270. The highest BCUT2D eigenvalue weighted by atomic mass is 16.1. The fraction of sp³-hybridized carbons (Fsp3) is 0.185. The number of ketones is 1. The van der Waals surface area contributed by atoms with Gasteiger partial charge in [0.05, 0.1) is 5.69 Å². The number of hydrogen-bond donors (Lipinski definition) is 0. The first-order valence-corrected chi connectivity index (χ1v) is 10.1. The molecule has 0 amide bonds. The second kappa shape index (κ2) is 7.63. The number of nitrogens with zero attached hydrogens (tertiary/aromatic N) is 1. The number of aliphatic imine (C=N–C) groups is 1. The lowest BCUT2D eigenvalue weighted by molar-refractivity contribution is 0.0941. The van der Waals surface area contributed by atoms with Crippen molar-refractivity contribution >= 4 is 38.7 Å². The third kappa shape index (κ3) is 3.47. The predicted octanol–water partition coefficient (Wildman–Crippen LogP) is 7.28. The van der Waals surface area contributed by atoms with Crippen molar-refractivity contribution in [2.24, 2.45) is 10.9 Å². The molecule has 0 saturated heterocycles. The standard InChI is InChI=1S/C27H25NO/c1-17(2)27(29)23-15-7-12-21-11-6-14-22(26(21)23)19(4)28-24-16-8-13-20-10-5-9-18(3)25(20)24/h5-17H,1-4H3. The zero-order chi connectivity index (χ0) is 20.5. The fourth-order valence-electron chi connectivity index (χ4n) is 4.00. The highest BCUT2D eigenvalue weighted by Crippen LogP contribution is 2.31. The molecule has 0 aliphatic rings. The summed E-state index contributed by atoms with van der Waals surface area (Å²) >= 11 is 0. The molecule has 0 aromatic heterocycles. The first-order valence-electron chi connectivity index (χ1n) is 10.1. The lowest BCUT2D eigenvalue weighted by Gasteiger charge is -2.13. The molecule has 0 heterocycles. The van der Waals surface area contributed by atoms with Crippen molar-refractivity contribution in [3.05, 3.63) is 89.5 Å². The minimum absolute atomic E-state index is 0.0494. The Morgan fingerprint density at radius 1 is 0.759 bits per heavy atom. The molecule has 4 aromatic carbocycles. The topological polar surface area (TPSA) is 29.4 Å². The van der Waals surface area contributed by atoms with E-state index in [1.165, 1.54) is 16.3 Å². The Labute approximate surface area is 171 Å². The third-order valence-electron chi connectivity index (χ3n) is 5.46. The van der Waals surface area contributed by atoms with Gasteiger partial charge >= 0.3 is 0 Å². The largest absolute Gasteiger partial charge is 0.294 e. The van der Waals surface area contributed by atoms with E-state index in [0.717, 1.165) is 33.3 Å². The molecule has 2 heteroatoms. The maximum Gasteiger partial charge on any atom is 0.166 e. The highest BCUT2D eigenvalue weighted by molar-refractivity contribution is 6.18. The Bertz CT molecular complexity index is 1250. The van der Waals surface area contributed by atoms with Crippen LogP contribution in [-0.2, 0) is 0 Å². The van der Waals surface area contributed by atoms with Crippen LogP contribution in [0.2, 0.25) is 0 Å². The van der Waals surface area contributed by atoms with Gasteiger partial charge < -0.3 is 0 Å². The van der Waals surface area contributed by atoms with Gasteiger partial charge in [-0.25, -0.2) is 0 Å². The summed E-state index contributed by atoms with van der Waals surface area (Å²) in [5, 5.41) is 4.42. The van der Waals surface area contributed by atoms with Gasteiger partial charge in [0.25, 0.3) is 0 Å². The lowest BCUT2D eigenvalue weighted by Crippen LogP contribution is -2.09. The molecular weight excluding hydrogens is 354 g/mol. The Hall–Kier alpha value is -3.26. The SMILES string of the molecule is CC(=Nc1cccc2cccc(C)c12)c1cccc2cccc(C(=O)C(C)C)c12. The number of hydrogen-bond acceptors (Lipinski definition) is 2. The molecular formula is C27H25NO. The maximum absolute atomic E-state index is 12.9. The van der Waals surface area contributed by atoms with Crippen LogP contribution in [0.3, 0.4) is 0 Å². The van der Waals surface area contributed by atoms with Crippen LogP contribution in [-0.4, -0.2) is 11.5 Å². The summed E-state index contributed by atoms with van der Waals surface area (Å²) in [6.45, 7) is 8.05. The molecule has 0 unspecified atom stereocenters. The number of carbonyl (C=O) groups is 1.